The Labute approximate surface area is 83.7 Å². The number of nitrogens with two attached hydrogens (primary N) is 1. The first kappa shape index (κ1) is 9.74. The van der Waals surface area contributed by atoms with E-state index in [-0.39, 0.29) is 0 Å². The van der Waals surface area contributed by atoms with Crippen LogP contribution in [-0.2, 0) is 0 Å². The van der Waals surface area contributed by atoms with Crippen molar-refractivity contribution < 1.29 is 0 Å². The molecule has 0 atom stereocenters. The molecule has 0 unspecified atom stereocenters. The Morgan fingerprint density at radius 3 is 2.92 bits per heavy atom. The van der Waals surface area contributed by atoms with Crippen LogP contribution in [0.3, 0.4) is 0 Å². The Bertz CT molecular complexity index is 295. The van der Waals surface area contributed by atoms with Gasteiger partial charge in [-0.05, 0) is 18.3 Å². The van der Waals surface area contributed by atoms with Gasteiger partial charge in [0.15, 0.2) is 5.11 Å². The maximum Gasteiger partial charge on any atom is 0.171 e. The number of rotatable bonds is 3. The summed E-state index contributed by atoms with van der Waals surface area (Å²) in [7, 11) is 0. The summed E-state index contributed by atoms with van der Waals surface area (Å²) in [5.74, 6) is 0. The molecule has 1 aromatic carbocycles. The van der Waals surface area contributed by atoms with E-state index >= 15 is 0 Å². The fourth-order valence-corrected chi connectivity index (χ4v) is 1.16. The molecule has 1 aromatic rings. The SMILES string of the molecule is C=CCN(C(N)=S)c1[c]cccc1. The molecule has 0 aliphatic carbocycles. The molecule has 0 fully saturated rings. The van der Waals surface area contributed by atoms with Crippen LogP contribution in [0.2, 0.25) is 0 Å². The predicted molar refractivity (Wildman–Crippen MR) is 59.6 cm³/mol. The van der Waals surface area contributed by atoms with E-state index in [2.05, 4.69) is 12.6 Å². The van der Waals surface area contributed by atoms with Gasteiger partial charge in [-0.15, -0.1) is 6.58 Å². The molecule has 0 aromatic heterocycles. The molecule has 0 bridgehead atoms. The highest BCUT2D eigenvalue weighted by molar-refractivity contribution is 7.80. The van der Waals surface area contributed by atoms with Crippen LogP contribution in [0.1, 0.15) is 0 Å². The van der Waals surface area contributed by atoms with Crippen molar-refractivity contribution in [3.63, 3.8) is 0 Å². The number of anilines is 1. The average Bonchev–Trinajstić information content (AvgIpc) is 2.15. The Hall–Kier alpha value is -1.35. The largest absolute Gasteiger partial charge is 0.376 e. The Morgan fingerprint density at radius 2 is 2.46 bits per heavy atom. The van der Waals surface area contributed by atoms with Gasteiger partial charge in [0, 0.05) is 12.6 Å². The molecule has 0 saturated carbocycles. The number of hydrogen-bond donors (Lipinski definition) is 1. The minimum absolute atomic E-state index is 0.336. The Balaban J connectivity index is 2.88. The van der Waals surface area contributed by atoms with E-state index in [9.17, 15) is 0 Å². The summed E-state index contributed by atoms with van der Waals surface area (Å²) in [5, 5.41) is 0.336. The van der Waals surface area contributed by atoms with Crippen LogP contribution in [0, 0.1) is 6.07 Å². The second-order valence-corrected chi connectivity index (χ2v) is 2.90. The number of para-hydroxylation sites is 1. The van der Waals surface area contributed by atoms with Crippen LogP contribution in [0.4, 0.5) is 5.69 Å². The first-order valence-electron chi connectivity index (χ1n) is 3.90. The van der Waals surface area contributed by atoms with Crippen molar-refractivity contribution in [2.24, 2.45) is 5.73 Å². The fourth-order valence-electron chi connectivity index (χ4n) is 0.988. The molecule has 3 heteroatoms. The van der Waals surface area contributed by atoms with Crippen LogP contribution in [-0.4, -0.2) is 11.7 Å². The first-order valence-corrected chi connectivity index (χ1v) is 4.31. The maximum absolute atomic E-state index is 5.54. The van der Waals surface area contributed by atoms with Crippen LogP contribution in [0.5, 0.6) is 0 Å². The minimum atomic E-state index is 0.336. The molecule has 0 heterocycles. The van der Waals surface area contributed by atoms with E-state index in [0.29, 0.717) is 11.7 Å². The van der Waals surface area contributed by atoms with Crippen LogP contribution in [0.25, 0.3) is 0 Å². The fraction of sp³-hybridized carbons (Fsp3) is 0.100. The normalized spacial score (nSPS) is 9.23. The van der Waals surface area contributed by atoms with Gasteiger partial charge in [0.05, 0.1) is 5.69 Å². The molecule has 0 saturated heterocycles. The monoisotopic (exact) mass is 191 g/mol. The Kier molecular flexibility index (Phi) is 3.46. The summed E-state index contributed by atoms with van der Waals surface area (Å²) in [4.78, 5) is 1.77. The number of hydrogen-bond acceptors (Lipinski definition) is 1. The van der Waals surface area contributed by atoms with Gasteiger partial charge in [0.1, 0.15) is 0 Å². The van der Waals surface area contributed by atoms with Gasteiger partial charge in [0.25, 0.3) is 0 Å². The smallest absolute Gasteiger partial charge is 0.171 e. The molecule has 0 spiro atoms. The van der Waals surface area contributed by atoms with Crippen molar-refractivity contribution in [2.75, 3.05) is 11.4 Å². The molecule has 2 nitrogen and oxygen atoms in total. The highest BCUT2D eigenvalue weighted by Crippen LogP contribution is 2.11. The van der Waals surface area contributed by atoms with E-state index in [4.69, 9.17) is 18.0 Å². The molecule has 0 aliphatic heterocycles. The van der Waals surface area contributed by atoms with Crippen molar-refractivity contribution in [1.82, 2.24) is 0 Å². The molecular formula is C10H11N2S. The Morgan fingerprint density at radius 1 is 1.69 bits per heavy atom. The van der Waals surface area contributed by atoms with E-state index in [0.717, 1.165) is 5.69 Å². The van der Waals surface area contributed by atoms with Crippen molar-refractivity contribution in [3.8, 4) is 0 Å². The summed E-state index contributed by atoms with van der Waals surface area (Å²) in [6.45, 7) is 4.24. The van der Waals surface area contributed by atoms with Gasteiger partial charge < -0.3 is 10.6 Å². The van der Waals surface area contributed by atoms with Crippen LogP contribution < -0.4 is 10.6 Å². The molecule has 2 N–H and O–H groups in total. The maximum atomic E-state index is 5.54. The molecular weight excluding hydrogens is 180 g/mol. The third-order valence-electron chi connectivity index (χ3n) is 1.56. The van der Waals surface area contributed by atoms with Gasteiger partial charge in [-0.2, -0.15) is 0 Å². The minimum Gasteiger partial charge on any atom is -0.376 e. The second-order valence-electron chi connectivity index (χ2n) is 2.49. The molecule has 67 valence electrons. The van der Waals surface area contributed by atoms with Crippen molar-refractivity contribution in [1.29, 1.82) is 0 Å². The van der Waals surface area contributed by atoms with Crippen molar-refractivity contribution >= 4 is 23.0 Å². The molecule has 0 aliphatic rings. The number of thiocarbonyl (C=S) groups is 1. The zero-order chi connectivity index (χ0) is 9.68. The highest BCUT2D eigenvalue weighted by Gasteiger charge is 2.05. The summed E-state index contributed by atoms with van der Waals surface area (Å²) >= 11 is 4.90. The predicted octanol–water partition coefficient (Wildman–Crippen LogP) is 1.72. The molecule has 1 rings (SSSR count). The summed E-state index contributed by atoms with van der Waals surface area (Å²) in [5.41, 5.74) is 6.41. The molecule has 1 radical (unpaired) electrons. The standard InChI is InChI=1S/C10H11N2S/c1-2-8-12(10(11)13)9-6-4-3-5-7-9/h2-6H,1,8H2,(H2,11,13). The zero-order valence-corrected chi connectivity index (χ0v) is 8.05. The molecule has 13 heavy (non-hydrogen) atoms. The first-order chi connectivity index (χ1) is 6.25. The lowest BCUT2D eigenvalue weighted by Gasteiger charge is -2.20. The van der Waals surface area contributed by atoms with E-state index in [1.54, 1.807) is 11.0 Å². The number of benzene rings is 1. The van der Waals surface area contributed by atoms with Crippen molar-refractivity contribution in [2.45, 2.75) is 0 Å². The quantitative estimate of drug-likeness (QED) is 0.582. The van der Waals surface area contributed by atoms with Crippen LogP contribution in [0.15, 0.2) is 36.9 Å². The zero-order valence-electron chi connectivity index (χ0n) is 7.23. The third-order valence-corrected chi connectivity index (χ3v) is 1.78. The lowest BCUT2D eigenvalue weighted by atomic mass is 10.3. The van der Waals surface area contributed by atoms with Crippen LogP contribution >= 0.6 is 12.2 Å². The van der Waals surface area contributed by atoms with Gasteiger partial charge in [0.2, 0.25) is 0 Å². The van der Waals surface area contributed by atoms with E-state index in [1.165, 1.54) is 0 Å². The average molecular weight is 191 g/mol. The lowest BCUT2D eigenvalue weighted by molar-refractivity contribution is 1.14. The third kappa shape index (κ3) is 2.56. The number of nitrogens with zero attached hydrogens (tertiary/aromatic N) is 1. The van der Waals surface area contributed by atoms with E-state index < -0.39 is 0 Å². The second kappa shape index (κ2) is 4.62. The van der Waals surface area contributed by atoms with Crippen molar-refractivity contribution in [3.05, 3.63) is 43.0 Å². The van der Waals surface area contributed by atoms with Gasteiger partial charge in [-0.3, -0.25) is 0 Å². The van der Waals surface area contributed by atoms with E-state index in [1.807, 2.05) is 24.3 Å². The highest BCUT2D eigenvalue weighted by atomic mass is 32.1. The summed E-state index contributed by atoms with van der Waals surface area (Å²) in [6, 6.07) is 10.6. The van der Waals surface area contributed by atoms with Gasteiger partial charge in [-0.1, -0.05) is 24.3 Å². The summed E-state index contributed by atoms with van der Waals surface area (Å²) in [6.07, 6.45) is 1.75. The lowest BCUT2D eigenvalue weighted by Crippen LogP contribution is -2.35. The topological polar surface area (TPSA) is 29.3 Å². The molecule has 0 amide bonds. The van der Waals surface area contributed by atoms with Gasteiger partial charge >= 0.3 is 0 Å². The van der Waals surface area contributed by atoms with Gasteiger partial charge in [-0.25, -0.2) is 0 Å². The summed E-state index contributed by atoms with van der Waals surface area (Å²) < 4.78 is 0.